The van der Waals surface area contributed by atoms with Crippen molar-refractivity contribution >= 4 is 12.0 Å². The van der Waals surface area contributed by atoms with Crippen molar-refractivity contribution in [2.45, 2.75) is 25.3 Å². The Morgan fingerprint density at radius 2 is 1.90 bits per heavy atom. The van der Waals surface area contributed by atoms with Crippen LogP contribution in [0.5, 0.6) is 11.5 Å². The largest absolute Gasteiger partial charge is 0.497 e. The summed E-state index contributed by atoms with van der Waals surface area (Å²) in [7, 11) is 3.22. The summed E-state index contributed by atoms with van der Waals surface area (Å²) in [6.45, 7) is 3.85. The van der Waals surface area contributed by atoms with Crippen molar-refractivity contribution < 1.29 is 14.3 Å². The van der Waals surface area contributed by atoms with Gasteiger partial charge in [-0.1, -0.05) is 42.5 Å². The van der Waals surface area contributed by atoms with Gasteiger partial charge in [0.2, 0.25) is 0 Å². The first-order chi connectivity index (χ1) is 15.2. The van der Waals surface area contributed by atoms with E-state index in [-0.39, 0.29) is 5.91 Å². The van der Waals surface area contributed by atoms with Crippen LogP contribution in [-0.2, 0) is 0 Å². The van der Waals surface area contributed by atoms with Crippen molar-refractivity contribution in [2.24, 2.45) is 5.92 Å². The SMILES string of the molecule is COc1ccc(C(=O)N2CCC[C@@H]3CN(C/C=C/c4ccccc4)CC[C@H]32)c(OC)c1. The Kier molecular flexibility index (Phi) is 6.92. The lowest BCUT2D eigenvalue weighted by Gasteiger charge is -2.47. The summed E-state index contributed by atoms with van der Waals surface area (Å²) in [5.41, 5.74) is 1.86. The molecule has 0 bridgehead atoms. The third kappa shape index (κ3) is 4.93. The first-order valence-corrected chi connectivity index (χ1v) is 11.2. The monoisotopic (exact) mass is 420 g/mol. The first-order valence-electron chi connectivity index (χ1n) is 11.2. The van der Waals surface area contributed by atoms with Crippen LogP contribution in [0.2, 0.25) is 0 Å². The summed E-state index contributed by atoms with van der Waals surface area (Å²) in [4.78, 5) is 18.0. The second-order valence-corrected chi connectivity index (χ2v) is 8.40. The minimum absolute atomic E-state index is 0.0756. The summed E-state index contributed by atoms with van der Waals surface area (Å²) in [6, 6.07) is 16.2. The van der Waals surface area contributed by atoms with E-state index in [0.717, 1.165) is 39.0 Å². The van der Waals surface area contributed by atoms with E-state index in [9.17, 15) is 4.79 Å². The molecule has 5 heteroatoms. The fraction of sp³-hybridized carbons (Fsp3) is 0.423. The zero-order valence-corrected chi connectivity index (χ0v) is 18.5. The fourth-order valence-electron chi connectivity index (χ4n) is 4.93. The number of ether oxygens (including phenoxy) is 2. The van der Waals surface area contributed by atoms with Crippen LogP contribution in [0.25, 0.3) is 6.08 Å². The zero-order chi connectivity index (χ0) is 21.6. The lowest BCUT2D eigenvalue weighted by Crippen LogP contribution is -2.55. The Morgan fingerprint density at radius 1 is 1.06 bits per heavy atom. The number of methoxy groups -OCH3 is 2. The maximum Gasteiger partial charge on any atom is 0.257 e. The van der Waals surface area contributed by atoms with Gasteiger partial charge in [-0.25, -0.2) is 0 Å². The molecule has 2 heterocycles. The maximum absolute atomic E-state index is 13.4. The molecule has 1 amide bonds. The molecule has 2 aliphatic heterocycles. The second-order valence-electron chi connectivity index (χ2n) is 8.40. The van der Waals surface area contributed by atoms with Crippen LogP contribution in [0.3, 0.4) is 0 Å². The van der Waals surface area contributed by atoms with Gasteiger partial charge < -0.3 is 14.4 Å². The minimum Gasteiger partial charge on any atom is -0.497 e. The molecule has 4 rings (SSSR count). The molecule has 0 aliphatic carbocycles. The molecule has 2 aliphatic rings. The number of nitrogens with zero attached hydrogens (tertiary/aromatic N) is 2. The number of hydrogen-bond donors (Lipinski definition) is 0. The zero-order valence-electron chi connectivity index (χ0n) is 18.5. The van der Waals surface area contributed by atoms with Crippen molar-refractivity contribution in [3.8, 4) is 11.5 Å². The predicted octanol–water partition coefficient (Wildman–Crippen LogP) is 4.34. The number of carbonyl (C=O) groups is 1. The maximum atomic E-state index is 13.4. The molecule has 0 aromatic heterocycles. The number of piperidine rings is 2. The van der Waals surface area contributed by atoms with E-state index < -0.39 is 0 Å². The minimum atomic E-state index is 0.0756. The number of amides is 1. The highest BCUT2D eigenvalue weighted by Crippen LogP contribution is 2.34. The Balaban J connectivity index is 1.40. The van der Waals surface area contributed by atoms with Crippen LogP contribution in [0.4, 0.5) is 0 Å². The summed E-state index contributed by atoms with van der Waals surface area (Å²) in [6.07, 6.45) is 7.71. The molecule has 0 saturated carbocycles. The lowest BCUT2D eigenvalue weighted by atomic mass is 9.83. The van der Waals surface area contributed by atoms with Gasteiger partial charge >= 0.3 is 0 Å². The van der Waals surface area contributed by atoms with Gasteiger partial charge in [0.05, 0.1) is 19.8 Å². The molecule has 2 aromatic carbocycles. The standard InChI is InChI=1S/C26H32N2O3/c1-30-22-12-13-23(25(18-22)31-2)26(29)28-16-7-11-21-19-27(17-14-24(21)28)15-6-10-20-8-4-3-5-9-20/h3-6,8-10,12-13,18,21,24H,7,11,14-17,19H2,1-2H3/b10-6+/t21-,24-/m1/s1. The molecule has 0 N–H and O–H groups in total. The molecule has 5 nitrogen and oxygen atoms in total. The summed E-state index contributed by atoms with van der Waals surface area (Å²) >= 11 is 0. The van der Waals surface area contributed by atoms with Crippen LogP contribution >= 0.6 is 0 Å². The second kappa shape index (κ2) is 10.0. The highest BCUT2D eigenvalue weighted by molar-refractivity contribution is 5.97. The molecular weight excluding hydrogens is 388 g/mol. The third-order valence-corrected chi connectivity index (χ3v) is 6.53. The Bertz CT molecular complexity index is 912. The van der Waals surface area contributed by atoms with Crippen LogP contribution in [0, 0.1) is 5.92 Å². The molecule has 0 radical (unpaired) electrons. The van der Waals surface area contributed by atoms with Gasteiger partial charge in [0.15, 0.2) is 0 Å². The average molecular weight is 421 g/mol. The molecule has 2 atom stereocenters. The van der Waals surface area contributed by atoms with E-state index >= 15 is 0 Å². The van der Waals surface area contributed by atoms with Crippen molar-refractivity contribution in [1.82, 2.24) is 9.80 Å². The third-order valence-electron chi connectivity index (χ3n) is 6.53. The Labute approximate surface area is 185 Å². The van der Waals surface area contributed by atoms with Crippen molar-refractivity contribution in [1.29, 1.82) is 0 Å². The van der Waals surface area contributed by atoms with Gasteiger partial charge in [-0.2, -0.15) is 0 Å². The van der Waals surface area contributed by atoms with E-state index in [2.05, 4.69) is 46.2 Å². The summed E-state index contributed by atoms with van der Waals surface area (Å²) in [5, 5.41) is 0. The van der Waals surface area contributed by atoms with E-state index in [4.69, 9.17) is 9.47 Å². The van der Waals surface area contributed by atoms with Gasteiger partial charge in [0.1, 0.15) is 11.5 Å². The van der Waals surface area contributed by atoms with Gasteiger partial charge in [0.25, 0.3) is 5.91 Å². The molecule has 31 heavy (non-hydrogen) atoms. The molecule has 0 spiro atoms. The number of likely N-dealkylation sites (tertiary alicyclic amines) is 2. The van der Waals surface area contributed by atoms with Crippen LogP contribution in [0.15, 0.2) is 54.6 Å². The van der Waals surface area contributed by atoms with E-state index in [1.165, 1.54) is 12.0 Å². The highest BCUT2D eigenvalue weighted by atomic mass is 16.5. The number of benzene rings is 2. The van der Waals surface area contributed by atoms with Crippen LogP contribution in [0.1, 0.15) is 35.2 Å². The molecule has 2 saturated heterocycles. The van der Waals surface area contributed by atoms with E-state index in [1.54, 1.807) is 20.3 Å². The van der Waals surface area contributed by atoms with Gasteiger partial charge in [0, 0.05) is 38.3 Å². The van der Waals surface area contributed by atoms with E-state index in [1.807, 2.05) is 18.2 Å². The first kappa shape index (κ1) is 21.4. The fourth-order valence-corrected chi connectivity index (χ4v) is 4.93. The topological polar surface area (TPSA) is 42.0 Å². The smallest absolute Gasteiger partial charge is 0.257 e. The number of hydrogen-bond acceptors (Lipinski definition) is 4. The average Bonchev–Trinajstić information content (AvgIpc) is 2.83. The molecule has 0 unspecified atom stereocenters. The summed E-state index contributed by atoms with van der Waals surface area (Å²) in [5.74, 6) is 1.88. The summed E-state index contributed by atoms with van der Waals surface area (Å²) < 4.78 is 10.8. The van der Waals surface area contributed by atoms with Crippen molar-refractivity contribution in [3.05, 3.63) is 65.7 Å². The van der Waals surface area contributed by atoms with Crippen LogP contribution < -0.4 is 9.47 Å². The Hall–Kier alpha value is -2.79. The van der Waals surface area contributed by atoms with Gasteiger partial charge in [-0.15, -0.1) is 0 Å². The predicted molar refractivity (Wildman–Crippen MR) is 124 cm³/mol. The van der Waals surface area contributed by atoms with Crippen LogP contribution in [-0.4, -0.2) is 62.1 Å². The van der Waals surface area contributed by atoms with Gasteiger partial charge in [-0.05, 0) is 42.9 Å². The normalized spacial score (nSPS) is 21.7. The van der Waals surface area contributed by atoms with E-state index in [0.29, 0.717) is 29.0 Å². The lowest BCUT2D eigenvalue weighted by molar-refractivity contribution is 0.0224. The van der Waals surface area contributed by atoms with Crippen molar-refractivity contribution in [3.63, 3.8) is 0 Å². The molecular formula is C26H32N2O3. The highest BCUT2D eigenvalue weighted by Gasteiger charge is 2.38. The van der Waals surface area contributed by atoms with Gasteiger partial charge in [-0.3, -0.25) is 9.69 Å². The number of carbonyl (C=O) groups excluding carboxylic acids is 1. The Morgan fingerprint density at radius 3 is 2.68 bits per heavy atom. The van der Waals surface area contributed by atoms with Crippen molar-refractivity contribution in [2.75, 3.05) is 40.4 Å². The molecule has 2 fully saturated rings. The number of fused-ring (bicyclic) bond motifs is 1. The number of rotatable bonds is 6. The molecule has 2 aromatic rings. The molecule has 164 valence electrons. The quantitative estimate of drug-likeness (QED) is 0.697.